The Bertz CT molecular complexity index is 987. The summed E-state index contributed by atoms with van der Waals surface area (Å²) >= 11 is 0. The highest BCUT2D eigenvalue weighted by Crippen LogP contribution is 2.36. The Balaban J connectivity index is 1.47. The molecule has 1 aliphatic carbocycles. The van der Waals surface area contributed by atoms with Crippen molar-refractivity contribution in [3.8, 4) is 11.6 Å². The predicted octanol–water partition coefficient (Wildman–Crippen LogP) is 3.76. The first-order valence-electron chi connectivity index (χ1n) is 8.47. The van der Waals surface area contributed by atoms with E-state index in [4.69, 9.17) is 4.74 Å². The highest BCUT2D eigenvalue weighted by molar-refractivity contribution is 5.93. The quantitative estimate of drug-likeness (QED) is 0.672. The molecular formula is C20H19N3O3. The first-order valence-corrected chi connectivity index (χ1v) is 8.47. The van der Waals surface area contributed by atoms with Crippen LogP contribution < -0.4 is 15.4 Å². The molecule has 0 saturated heterocycles. The Morgan fingerprint density at radius 3 is 2.96 bits per heavy atom. The van der Waals surface area contributed by atoms with Crippen LogP contribution in [0.3, 0.4) is 0 Å². The number of hydrogen-bond donors (Lipinski definition) is 3. The lowest BCUT2D eigenvalue weighted by Gasteiger charge is -2.15. The van der Waals surface area contributed by atoms with Crippen LogP contribution in [0, 0.1) is 0 Å². The first kappa shape index (κ1) is 16.2. The Labute approximate surface area is 150 Å². The fourth-order valence-corrected chi connectivity index (χ4v) is 3.41. The van der Waals surface area contributed by atoms with Crippen molar-refractivity contribution < 1.29 is 14.6 Å². The molecule has 26 heavy (non-hydrogen) atoms. The number of fused-ring (bicyclic) bond motifs is 2. The molecule has 0 radical (unpaired) electrons. The number of methoxy groups -OCH3 is 1. The molecule has 4 rings (SSSR count). The van der Waals surface area contributed by atoms with E-state index in [1.165, 1.54) is 0 Å². The van der Waals surface area contributed by atoms with E-state index in [1.807, 2.05) is 30.3 Å². The van der Waals surface area contributed by atoms with E-state index in [9.17, 15) is 9.90 Å². The van der Waals surface area contributed by atoms with Crippen molar-refractivity contribution in [2.75, 3.05) is 12.4 Å². The first-order chi connectivity index (χ1) is 12.6. The summed E-state index contributed by atoms with van der Waals surface area (Å²) < 4.78 is 5.12. The number of urea groups is 1. The van der Waals surface area contributed by atoms with Crippen molar-refractivity contribution >= 4 is 22.6 Å². The van der Waals surface area contributed by atoms with Gasteiger partial charge in [-0.1, -0.05) is 12.1 Å². The van der Waals surface area contributed by atoms with Crippen molar-refractivity contribution in [3.63, 3.8) is 0 Å². The molecule has 3 N–H and O–H groups in total. The van der Waals surface area contributed by atoms with Gasteiger partial charge in [-0.05, 0) is 54.3 Å². The van der Waals surface area contributed by atoms with Crippen molar-refractivity contribution in [1.82, 2.24) is 10.3 Å². The molecule has 6 heteroatoms. The molecule has 0 aliphatic heterocycles. The molecule has 1 aromatic heterocycles. The second-order valence-electron chi connectivity index (χ2n) is 6.30. The van der Waals surface area contributed by atoms with E-state index in [0.717, 1.165) is 34.9 Å². The van der Waals surface area contributed by atoms with Gasteiger partial charge in [0, 0.05) is 17.1 Å². The molecule has 1 unspecified atom stereocenters. The molecule has 1 aliphatic rings. The zero-order valence-electron chi connectivity index (χ0n) is 14.3. The Kier molecular flexibility index (Phi) is 4.08. The molecule has 1 heterocycles. The van der Waals surface area contributed by atoms with E-state index in [2.05, 4.69) is 15.6 Å². The summed E-state index contributed by atoms with van der Waals surface area (Å²) in [6.45, 7) is 0. The molecule has 2 amide bonds. The van der Waals surface area contributed by atoms with Crippen LogP contribution in [-0.2, 0) is 6.42 Å². The van der Waals surface area contributed by atoms with Gasteiger partial charge >= 0.3 is 6.03 Å². The maximum absolute atomic E-state index is 12.4. The maximum Gasteiger partial charge on any atom is 0.319 e. The molecule has 2 aromatic carbocycles. The number of amides is 2. The van der Waals surface area contributed by atoms with E-state index >= 15 is 0 Å². The van der Waals surface area contributed by atoms with Crippen molar-refractivity contribution in [2.45, 2.75) is 18.9 Å². The number of ether oxygens (including phenoxy) is 1. The number of carbonyl (C=O) groups excluding carboxylic acids is 1. The number of nitrogens with zero attached hydrogens (tertiary/aromatic N) is 1. The number of aromatic nitrogens is 1. The van der Waals surface area contributed by atoms with Crippen LogP contribution in [0.2, 0.25) is 0 Å². The van der Waals surface area contributed by atoms with Crippen LogP contribution in [0.4, 0.5) is 10.5 Å². The molecule has 0 bridgehead atoms. The monoisotopic (exact) mass is 349 g/mol. The third-order valence-corrected chi connectivity index (χ3v) is 4.68. The number of phenols is 1. The summed E-state index contributed by atoms with van der Waals surface area (Å²) in [7, 11) is 1.58. The van der Waals surface area contributed by atoms with Crippen molar-refractivity contribution in [3.05, 3.63) is 59.7 Å². The SMILES string of the molecule is COc1ccc2cc(NC(=O)NC3CCc4c(O)cccc43)ccc2n1. The zero-order chi connectivity index (χ0) is 18.1. The van der Waals surface area contributed by atoms with E-state index < -0.39 is 0 Å². The number of aromatic hydroxyl groups is 1. The summed E-state index contributed by atoms with van der Waals surface area (Å²) in [6.07, 6.45) is 1.54. The van der Waals surface area contributed by atoms with Gasteiger partial charge in [0.15, 0.2) is 0 Å². The lowest BCUT2D eigenvalue weighted by Crippen LogP contribution is -2.31. The lowest BCUT2D eigenvalue weighted by molar-refractivity contribution is 0.248. The van der Waals surface area contributed by atoms with Crippen LogP contribution in [0.5, 0.6) is 11.6 Å². The summed E-state index contributed by atoms with van der Waals surface area (Å²) in [5, 5.41) is 16.7. The molecule has 0 fully saturated rings. The highest BCUT2D eigenvalue weighted by Gasteiger charge is 2.25. The molecular weight excluding hydrogens is 330 g/mol. The number of phenolic OH excluding ortho intramolecular Hbond substituents is 1. The van der Waals surface area contributed by atoms with E-state index in [-0.39, 0.29) is 12.1 Å². The molecule has 132 valence electrons. The zero-order valence-corrected chi connectivity index (χ0v) is 14.3. The Morgan fingerprint density at radius 2 is 2.12 bits per heavy atom. The minimum Gasteiger partial charge on any atom is -0.508 e. The highest BCUT2D eigenvalue weighted by atomic mass is 16.5. The summed E-state index contributed by atoms with van der Waals surface area (Å²) in [5.41, 5.74) is 3.39. The maximum atomic E-state index is 12.4. The second kappa shape index (κ2) is 6.55. The molecule has 6 nitrogen and oxygen atoms in total. The van der Waals surface area contributed by atoms with Gasteiger partial charge in [-0.3, -0.25) is 0 Å². The third-order valence-electron chi connectivity index (χ3n) is 4.68. The number of rotatable bonds is 3. The Hall–Kier alpha value is -3.28. The molecule has 1 atom stereocenters. The van der Waals surface area contributed by atoms with Gasteiger partial charge in [0.05, 0.1) is 18.7 Å². The fraction of sp³-hybridized carbons (Fsp3) is 0.200. The molecule has 0 saturated carbocycles. The van der Waals surface area contributed by atoms with Gasteiger partial charge in [0.2, 0.25) is 5.88 Å². The minimum atomic E-state index is -0.271. The number of carbonyl (C=O) groups is 1. The average molecular weight is 349 g/mol. The molecule has 0 spiro atoms. The van der Waals surface area contributed by atoms with E-state index in [0.29, 0.717) is 17.3 Å². The lowest BCUT2D eigenvalue weighted by atomic mass is 10.1. The number of pyridine rings is 1. The topological polar surface area (TPSA) is 83.5 Å². The summed E-state index contributed by atoms with van der Waals surface area (Å²) in [6, 6.07) is 14.3. The van der Waals surface area contributed by atoms with Crippen LogP contribution in [0.1, 0.15) is 23.6 Å². The van der Waals surface area contributed by atoms with Gasteiger partial charge < -0.3 is 20.5 Å². The largest absolute Gasteiger partial charge is 0.508 e. The fourth-order valence-electron chi connectivity index (χ4n) is 3.41. The van der Waals surface area contributed by atoms with Gasteiger partial charge in [0.1, 0.15) is 5.75 Å². The van der Waals surface area contributed by atoms with Gasteiger partial charge in [-0.25, -0.2) is 9.78 Å². The smallest absolute Gasteiger partial charge is 0.319 e. The Morgan fingerprint density at radius 1 is 1.23 bits per heavy atom. The standard InChI is InChI=1S/C20H19N3O3/c1-26-19-10-5-12-11-13(6-8-16(12)22-19)21-20(25)23-17-9-7-15-14(17)3-2-4-18(15)24/h2-6,8,10-11,17,24H,7,9H2,1H3,(H2,21,23,25). The van der Waals surface area contributed by atoms with Crippen LogP contribution in [0.25, 0.3) is 10.9 Å². The van der Waals surface area contributed by atoms with Crippen molar-refractivity contribution in [2.24, 2.45) is 0 Å². The summed E-state index contributed by atoms with van der Waals surface area (Å²) in [5.74, 6) is 0.851. The minimum absolute atomic E-state index is 0.0940. The van der Waals surface area contributed by atoms with Gasteiger partial charge in [0.25, 0.3) is 0 Å². The average Bonchev–Trinajstić information content (AvgIpc) is 3.05. The normalized spacial score (nSPS) is 15.5. The van der Waals surface area contributed by atoms with Crippen molar-refractivity contribution in [1.29, 1.82) is 0 Å². The predicted molar refractivity (Wildman–Crippen MR) is 99.6 cm³/mol. The van der Waals surface area contributed by atoms with Crippen LogP contribution in [-0.4, -0.2) is 23.2 Å². The number of hydrogen-bond acceptors (Lipinski definition) is 4. The van der Waals surface area contributed by atoms with Gasteiger partial charge in [-0.2, -0.15) is 0 Å². The summed E-state index contributed by atoms with van der Waals surface area (Å²) in [4.78, 5) is 16.7. The number of anilines is 1. The second-order valence-corrected chi connectivity index (χ2v) is 6.30. The third kappa shape index (κ3) is 3.01. The number of nitrogens with one attached hydrogen (secondary N) is 2. The van der Waals surface area contributed by atoms with Gasteiger partial charge in [-0.15, -0.1) is 0 Å². The number of benzene rings is 2. The molecule has 3 aromatic rings. The van der Waals surface area contributed by atoms with Crippen LogP contribution >= 0.6 is 0 Å². The van der Waals surface area contributed by atoms with Crippen LogP contribution in [0.15, 0.2) is 48.5 Å². The van der Waals surface area contributed by atoms with E-state index in [1.54, 1.807) is 25.3 Å².